The van der Waals surface area contributed by atoms with Gasteiger partial charge in [-0.25, -0.2) is 0 Å². The summed E-state index contributed by atoms with van der Waals surface area (Å²) in [4.78, 5) is 43.8. The molecule has 0 aromatic heterocycles. The number of aliphatic carboxylic acids is 1. The minimum Gasteiger partial charge on any atom is -0.481 e. The molecule has 0 radical (unpaired) electrons. The van der Waals surface area contributed by atoms with Crippen molar-refractivity contribution in [1.29, 1.82) is 0 Å². The van der Waals surface area contributed by atoms with Crippen LogP contribution in [-0.2, 0) is 19.1 Å². The molecule has 2 unspecified atom stereocenters. The van der Waals surface area contributed by atoms with Gasteiger partial charge in [0.2, 0.25) is 11.8 Å². The van der Waals surface area contributed by atoms with Crippen molar-refractivity contribution in [3.05, 3.63) is 12.7 Å². The number of aliphatic hydroxyl groups is 1. The largest absolute Gasteiger partial charge is 0.481 e. The number of ether oxygens (including phenoxy) is 1. The minimum absolute atomic E-state index is 0.00702. The Labute approximate surface area is 195 Å². The van der Waals surface area contributed by atoms with Crippen molar-refractivity contribution in [2.45, 2.75) is 94.4 Å². The smallest absolute Gasteiger partial charge is 0.310 e. The topological polar surface area (TPSA) is 107 Å². The monoisotopic (exact) mass is 462 g/mol. The average molecular weight is 463 g/mol. The van der Waals surface area contributed by atoms with E-state index in [0.717, 1.165) is 32.1 Å². The number of aliphatic hydroxyl groups excluding tert-OH is 1. The van der Waals surface area contributed by atoms with Crippen LogP contribution < -0.4 is 0 Å². The molecule has 1 saturated carbocycles. The van der Waals surface area contributed by atoms with Crippen LogP contribution in [0.5, 0.6) is 0 Å². The highest BCUT2D eigenvalue weighted by molar-refractivity contribution is 5.98. The summed E-state index contributed by atoms with van der Waals surface area (Å²) >= 11 is 0. The second-order valence-corrected chi connectivity index (χ2v) is 10.2. The van der Waals surface area contributed by atoms with Crippen LogP contribution in [0.15, 0.2) is 12.7 Å². The van der Waals surface area contributed by atoms with E-state index < -0.39 is 35.0 Å². The van der Waals surface area contributed by atoms with E-state index >= 15 is 0 Å². The Bertz CT molecular complexity index is 796. The molecule has 4 fully saturated rings. The fourth-order valence-electron chi connectivity index (χ4n) is 7.12. The van der Waals surface area contributed by atoms with Gasteiger partial charge >= 0.3 is 5.97 Å². The number of carbonyl (C=O) groups is 3. The van der Waals surface area contributed by atoms with Crippen molar-refractivity contribution >= 4 is 17.8 Å². The summed E-state index contributed by atoms with van der Waals surface area (Å²) in [5.41, 5.74) is -1.99. The molecular weight excluding hydrogens is 424 g/mol. The molecule has 0 aromatic carbocycles. The molecule has 4 rings (SSSR count). The van der Waals surface area contributed by atoms with E-state index in [1.807, 2.05) is 11.8 Å². The Morgan fingerprint density at radius 2 is 1.97 bits per heavy atom. The standard InChI is InChI=1S/C25H38N2O6/c1-3-14-26(17-10-6-5-7-11-17)22(30)20-25-13-12-24(4-2,33-25)19(23(31)32)18(25)21(29)27(20)15-8-9-16-28/h3,17-20,28H,1,4-16H2,2H3,(H,31,32)/t18-,19-,20?,24+,25?/m0/s1. The lowest BCUT2D eigenvalue weighted by atomic mass is 9.65. The maximum Gasteiger partial charge on any atom is 0.310 e. The van der Waals surface area contributed by atoms with Gasteiger partial charge in [0.05, 0.1) is 11.5 Å². The van der Waals surface area contributed by atoms with Gasteiger partial charge in [0.15, 0.2) is 0 Å². The number of carboxylic acids is 1. The normalized spacial score (nSPS) is 35.6. The maximum atomic E-state index is 14.2. The summed E-state index contributed by atoms with van der Waals surface area (Å²) in [6, 6.07) is -0.726. The molecule has 2 bridgehead atoms. The van der Waals surface area contributed by atoms with Crippen LogP contribution in [0.3, 0.4) is 0 Å². The van der Waals surface area contributed by atoms with Crippen molar-refractivity contribution < 1.29 is 29.3 Å². The number of hydrogen-bond acceptors (Lipinski definition) is 5. The highest BCUT2D eigenvalue weighted by Crippen LogP contribution is 2.64. The fourth-order valence-corrected chi connectivity index (χ4v) is 7.12. The average Bonchev–Trinajstić information content (AvgIpc) is 3.42. The number of fused-ring (bicyclic) bond motifs is 1. The third-order valence-corrected chi connectivity index (χ3v) is 8.61. The number of likely N-dealkylation sites (tertiary alicyclic amines) is 1. The molecule has 3 aliphatic heterocycles. The molecular formula is C25H38N2O6. The highest BCUT2D eigenvalue weighted by atomic mass is 16.5. The van der Waals surface area contributed by atoms with Crippen LogP contribution in [-0.4, -0.2) is 80.8 Å². The van der Waals surface area contributed by atoms with E-state index in [2.05, 4.69) is 6.58 Å². The Morgan fingerprint density at radius 1 is 1.24 bits per heavy atom. The molecule has 2 amide bonds. The summed E-state index contributed by atoms with van der Waals surface area (Å²) in [5.74, 6) is -3.22. The van der Waals surface area contributed by atoms with Crippen LogP contribution >= 0.6 is 0 Å². The number of hydrogen-bond donors (Lipinski definition) is 2. The quantitative estimate of drug-likeness (QED) is 0.381. The van der Waals surface area contributed by atoms with Crippen LogP contribution in [0, 0.1) is 11.8 Å². The Morgan fingerprint density at radius 3 is 2.58 bits per heavy atom. The number of carbonyl (C=O) groups excluding carboxylic acids is 2. The van der Waals surface area contributed by atoms with Gasteiger partial charge in [0, 0.05) is 25.7 Å². The zero-order valence-electron chi connectivity index (χ0n) is 19.7. The molecule has 0 aromatic rings. The number of unbranched alkanes of at least 4 members (excludes halogenated alkanes) is 1. The van der Waals surface area contributed by atoms with Crippen LogP contribution in [0.2, 0.25) is 0 Å². The molecule has 8 heteroatoms. The van der Waals surface area contributed by atoms with Crippen molar-refractivity contribution in [3.63, 3.8) is 0 Å². The molecule has 1 spiro atoms. The second kappa shape index (κ2) is 9.37. The zero-order valence-corrected chi connectivity index (χ0v) is 19.7. The SMILES string of the molecule is C=CCN(C(=O)C1N(CCCCO)C(=O)[C@@H]2[C@@H](C(=O)O)[C@@]3(CC)CCC12O3)C1CCCCC1. The molecule has 184 valence electrons. The summed E-state index contributed by atoms with van der Waals surface area (Å²) in [6.07, 6.45) is 9.52. The molecule has 3 saturated heterocycles. The fraction of sp³-hybridized carbons (Fsp3) is 0.800. The summed E-state index contributed by atoms with van der Waals surface area (Å²) in [7, 11) is 0. The molecule has 1 aliphatic carbocycles. The predicted molar refractivity (Wildman–Crippen MR) is 121 cm³/mol. The van der Waals surface area contributed by atoms with Crippen LogP contribution in [0.1, 0.15) is 71.1 Å². The van der Waals surface area contributed by atoms with E-state index in [1.165, 1.54) is 0 Å². The van der Waals surface area contributed by atoms with Crippen molar-refractivity contribution in [1.82, 2.24) is 9.80 Å². The highest BCUT2D eigenvalue weighted by Gasteiger charge is 2.79. The number of nitrogens with zero attached hydrogens (tertiary/aromatic N) is 2. The van der Waals surface area contributed by atoms with Gasteiger partial charge in [0.25, 0.3) is 0 Å². The van der Waals surface area contributed by atoms with E-state index in [-0.39, 0.29) is 24.5 Å². The van der Waals surface area contributed by atoms with Gasteiger partial charge in [-0.15, -0.1) is 6.58 Å². The molecule has 33 heavy (non-hydrogen) atoms. The van der Waals surface area contributed by atoms with E-state index in [1.54, 1.807) is 11.0 Å². The molecule has 2 N–H and O–H groups in total. The van der Waals surface area contributed by atoms with Gasteiger partial charge in [-0.05, 0) is 44.9 Å². The van der Waals surface area contributed by atoms with E-state index in [4.69, 9.17) is 4.74 Å². The van der Waals surface area contributed by atoms with Crippen molar-refractivity contribution in [2.75, 3.05) is 19.7 Å². The van der Waals surface area contributed by atoms with Gasteiger partial charge < -0.3 is 24.7 Å². The first-order chi connectivity index (χ1) is 15.9. The first kappa shape index (κ1) is 24.2. The molecule has 5 atom stereocenters. The number of carboxylic acid groups (broad SMARTS) is 1. The van der Waals surface area contributed by atoms with Gasteiger partial charge in [-0.3, -0.25) is 14.4 Å². The van der Waals surface area contributed by atoms with Crippen molar-refractivity contribution in [2.24, 2.45) is 11.8 Å². The summed E-state index contributed by atoms with van der Waals surface area (Å²) in [6.45, 7) is 6.49. The lowest BCUT2D eigenvalue weighted by Gasteiger charge is -2.40. The van der Waals surface area contributed by atoms with Gasteiger partial charge in [-0.2, -0.15) is 0 Å². The third kappa shape index (κ3) is 3.70. The summed E-state index contributed by atoms with van der Waals surface area (Å²) in [5, 5.41) is 19.4. The first-order valence-corrected chi connectivity index (χ1v) is 12.6. The van der Waals surface area contributed by atoms with Gasteiger partial charge in [0.1, 0.15) is 17.6 Å². The second-order valence-electron chi connectivity index (χ2n) is 10.2. The van der Waals surface area contributed by atoms with E-state index in [0.29, 0.717) is 45.2 Å². The van der Waals surface area contributed by atoms with Crippen LogP contribution in [0.4, 0.5) is 0 Å². The van der Waals surface area contributed by atoms with E-state index in [9.17, 15) is 24.6 Å². The molecule has 8 nitrogen and oxygen atoms in total. The summed E-state index contributed by atoms with van der Waals surface area (Å²) < 4.78 is 6.58. The maximum absolute atomic E-state index is 14.2. The van der Waals surface area contributed by atoms with Crippen molar-refractivity contribution in [3.8, 4) is 0 Å². The minimum atomic E-state index is -1.10. The Balaban J connectivity index is 1.74. The lowest BCUT2D eigenvalue weighted by Crippen LogP contribution is -2.58. The molecule has 3 heterocycles. The Kier molecular flexibility index (Phi) is 6.87. The third-order valence-electron chi connectivity index (χ3n) is 8.61. The number of rotatable bonds is 10. The first-order valence-electron chi connectivity index (χ1n) is 12.6. The predicted octanol–water partition coefficient (Wildman–Crippen LogP) is 2.35. The number of amides is 2. The van der Waals surface area contributed by atoms with Crippen LogP contribution in [0.25, 0.3) is 0 Å². The lowest BCUT2D eigenvalue weighted by molar-refractivity contribution is -0.158. The molecule has 4 aliphatic rings. The Hall–Kier alpha value is -1.93. The zero-order chi connectivity index (χ0) is 23.8. The van der Waals surface area contributed by atoms with Gasteiger partial charge in [-0.1, -0.05) is 32.3 Å².